The van der Waals surface area contributed by atoms with Crippen molar-refractivity contribution in [3.63, 3.8) is 0 Å². The number of benzene rings is 1. The second-order valence-corrected chi connectivity index (χ2v) is 4.46. The number of rotatable bonds is 4. The molecule has 0 aliphatic rings. The molecule has 1 rings (SSSR count). The fourth-order valence-corrected chi connectivity index (χ4v) is 1.94. The second kappa shape index (κ2) is 4.94. The lowest BCUT2D eigenvalue weighted by atomic mass is 9.98. The van der Waals surface area contributed by atoms with Gasteiger partial charge in [-0.15, -0.1) is 0 Å². The molecule has 1 aromatic carbocycles. The van der Waals surface area contributed by atoms with Crippen LogP contribution in [0.15, 0.2) is 30.3 Å². The van der Waals surface area contributed by atoms with Crippen LogP contribution in [0.25, 0.3) is 0 Å². The maximum atomic E-state index is 5.93. The van der Waals surface area contributed by atoms with E-state index >= 15 is 0 Å². The van der Waals surface area contributed by atoms with Crippen molar-refractivity contribution in [3.8, 4) is 0 Å². The van der Waals surface area contributed by atoms with E-state index in [4.69, 9.17) is 4.74 Å². The predicted octanol–water partition coefficient (Wildman–Crippen LogP) is 3.72. The Morgan fingerprint density at radius 1 is 1.29 bits per heavy atom. The third-order valence-electron chi connectivity index (χ3n) is 2.14. The maximum Gasteiger partial charge on any atom is 0.100 e. The van der Waals surface area contributed by atoms with Crippen LogP contribution in [0.2, 0.25) is 0 Å². The first-order valence-corrected chi connectivity index (χ1v) is 6.00. The summed E-state index contributed by atoms with van der Waals surface area (Å²) in [5, 5.41) is 0.808. The zero-order valence-corrected chi connectivity index (χ0v) is 10.5. The van der Waals surface area contributed by atoms with Crippen LogP contribution in [-0.4, -0.2) is 11.4 Å². The Bertz CT molecular complexity index is 271. The molecule has 0 amide bonds. The number of ether oxygens (including phenoxy) is 1. The van der Waals surface area contributed by atoms with Crippen molar-refractivity contribution in [3.05, 3.63) is 35.9 Å². The summed E-state index contributed by atoms with van der Waals surface area (Å²) in [4.78, 5) is 0. The van der Waals surface area contributed by atoms with Crippen LogP contribution >= 0.6 is 15.9 Å². The fraction of sp³-hybridized carbons (Fsp3) is 0.500. The molecule has 0 fully saturated rings. The second-order valence-electron chi connectivity index (χ2n) is 3.90. The molecular formula is C12H17BrO. The van der Waals surface area contributed by atoms with Crippen molar-refractivity contribution < 1.29 is 4.74 Å². The number of hydrogen-bond donors (Lipinski definition) is 0. The monoisotopic (exact) mass is 256 g/mol. The SMILES string of the molecule is CC(C)OC(C)(CBr)c1ccccc1. The minimum Gasteiger partial charge on any atom is -0.367 e. The molecular weight excluding hydrogens is 240 g/mol. The molecule has 0 aliphatic carbocycles. The summed E-state index contributed by atoms with van der Waals surface area (Å²) in [6, 6.07) is 10.3. The van der Waals surface area contributed by atoms with Crippen molar-refractivity contribution in [2.24, 2.45) is 0 Å². The Morgan fingerprint density at radius 2 is 1.86 bits per heavy atom. The van der Waals surface area contributed by atoms with E-state index in [0.717, 1.165) is 5.33 Å². The van der Waals surface area contributed by atoms with Gasteiger partial charge in [-0.3, -0.25) is 0 Å². The highest BCUT2D eigenvalue weighted by molar-refractivity contribution is 9.09. The van der Waals surface area contributed by atoms with E-state index in [9.17, 15) is 0 Å². The highest BCUT2D eigenvalue weighted by Gasteiger charge is 2.26. The Kier molecular flexibility index (Phi) is 4.14. The lowest BCUT2D eigenvalue weighted by Gasteiger charge is -2.30. The van der Waals surface area contributed by atoms with Crippen molar-refractivity contribution in [2.45, 2.75) is 32.5 Å². The van der Waals surface area contributed by atoms with Gasteiger partial charge in [-0.25, -0.2) is 0 Å². The molecule has 0 heterocycles. The first-order valence-electron chi connectivity index (χ1n) is 4.88. The number of halogens is 1. The summed E-state index contributed by atoms with van der Waals surface area (Å²) in [5.41, 5.74) is 0.987. The summed E-state index contributed by atoms with van der Waals surface area (Å²) >= 11 is 3.51. The Hall–Kier alpha value is -0.340. The standard InChI is InChI=1S/C12H17BrO/c1-10(2)14-12(3,9-13)11-7-5-4-6-8-11/h4-8,10H,9H2,1-3H3. The third-order valence-corrected chi connectivity index (χ3v) is 3.21. The van der Waals surface area contributed by atoms with Gasteiger partial charge < -0.3 is 4.74 Å². The van der Waals surface area contributed by atoms with Crippen LogP contribution in [0, 0.1) is 0 Å². The van der Waals surface area contributed by atoms with Gasteiger partial charge in [0, 0.05) is 5.33 Å². The van der Waals surface area contributed by atoms with Gasteiger partial charge in [0.1, 0.15) is 5.60 Å². The van der Waals surface area contributed by atoms with Crippen molar-refractivity contribution in [1.82, 2.24) is 0 Å². The quantitative estimate of drug-likeness (QED) is 0.747. The molecule has 1 atom stereocenters. The van der Waals surface area contributed by atoms with Gasteiger partial charge in [-0.2, -0.15) is 0 Å². The van der Waals surface area contributed by atoms with Gasteiger partial charge in [-0.1, -0.05) is 46.3 Å². The minimum atomic E-state index is -0.227. The molecule has 14 heavy (non-hydrogen) atoms. The van der Waals surface area contributed by atoms with E-state index in [2.05, 4.69) is 48.8 Å². The molecule has 0 bridgehead atoms. The van der Waals surface area contributed by atoms with Gasteiger partial charge in [0.2, 0.25) is 0 Å². The molecule has 78 valence electrons. The zero-order chi connectivity index (χ0) is 10.6. The minimum absolute atomic E-state index is 0.227. The fourth-order valence-electron chi connectivity index (χ4n) is 1.49. The van der Waals surface area contributed by atoms with Crippen molar-refractivity contribution >= 4 is 15.9 Å². The topological polar surface area (TPSA) is 9.23 Å². The normalized spacial score (nSPS) is 15.5. The molecule has 0 aliphatic heterocycles. The van der Waals surface area contributed by atoms with E-state index in [1.807, 2.05) is 18.2 Å². The Balaban J connectivity index is 2.90. The highest BCUT2D eigenvalue weighted by Crippen LogP contribution is 2.28. The molecule has 1 unspecified atom stereocenters. The van der Waals surface area contributed by atoms with Gasteiger partial charge in [0.25, 0.3) is 0 Å². The van der Waals surface area contributed by atoms with E-state index in [1.54, 1.807) is 0 Å². The lowest BCUT2D eigenvalue weighted by molar-refractivity contribution is -0.0556. The number of hydrogen-bond acceptors (Lipinski definition) is 1. The maximum absolute atomic E-state index is 5.93. The third kappa shape index (κ3) is 2.82. The van der Waals surface area contributed by atoms with E-state index < -0.39 is 0 Å². The summed E-state index contributed by atoms with van der Waals surface area (Å²) in [6.07, 6.45) is 0.234. The first-order chi connectivity index (χ1) is 6.58. The van der Waals surface area contributed by atoms with E-state index in [0.29, 0.717) is 0 Å². The Labute approximate surface area is 94.6 Å². The summed E-state index contributed by atoms with van der Waals surface area (Å²) in [7, 11) is 0. The molecule has 1 nitrogen and oxygen atoms in total. The molecule has 0 N–H and O–H groups in total. The van der Waals surface area contributed by atoms with Crippen LogP contribution in [0.5, 0.6) is 0 Å². The molecule has 2 heteroatoms. The molecule has 0 aromatic heterocycles. The lowest BCUT2D eigenvalue weighted by Crippen LogP contribution is -2.30. The van der Waals surface area contributed by atoms with Crippen LogP contribution in [0.4, 0.5) is 0 Å². The highest BCUT2D eigenvalue weighted by atomic mass is 79.9. The van der Waals surface area contributed by atoms with Gasteiger partial charge in [0.05, 0.1) is 6.10 Å². The van der Waals surface area contributed by atoms with E-state index in [-0.39, 0.29) is 11.7 Å². The first kappa shape index (κ1) is 11.7. The Morgan fingerprint density at radius 3 is 2.29 bits per heavy atom. The molecule has 0 radical (unpaired) electrons. The van der Waals surface area contributed by atoms with Crippen LogP contribution in [0.3, 0.4) is 0 Å². The van der Waals surface area contributed by atoms with Crippen LogP contribution in [0.1, 0.15) is 26.3 Å². The summed E-state index contributed by atoms with van der Waals surface area (Å²) in [6.45, 7) is 6.23. The average Bonchev–Trinajstić information content (AvgIpc) is 2.18. The summed E-state index contributed by atoms with van der Waals surface area (Å²) in [5.74, 6) is 0. The predicted molar refractivity (Wildman–Crippen MR) is 63.8 cm³/mol. The molecule has 0 saturated heterocycles. The average molecular weight is 257 g/mol. The van der Waals surface area contributed by atoms with Crippen molar-refractivity contribution in [2.75, 3.05) is 5.33 Å². The largest absolute Gasteiger partial charge is 0.367 e. The van der Waals surface area contributed by atoms with Crippen molar-refractivity contribution in [1.29, 1.82) is 0 Å². The van der Waals surface area contributed by atoms with Gasteiger partial charge in [-0.05, 0) is 26.3 Å². The smallest absolute Gasteiger partial charge is 0.100 e. The molecule has 0 saturated carbocycles. The molecule has 1 aromatic rings. The molecule has 0 spiro atoms. The van der Waals surface area contributed by atoms with Gasteiger partial charge >= 0.3 is 0 Å². The number of alkyl halides is 1. The summed E-state index contributed by atoms with van der Waals surface area (Å²) < 4.78 is 5.93. The van der Waals surface area contributed by atoms with Crippen LogP contribution in [-0.2, 0) is 10.3 Å². The van der Waals surface area contributed by atoms with E-state index in [1.165, 1.54) is 5.56 Å². The zero-order valence-electron chi connectivity index (χ0n) is 8.96. The van der Waals surface area contributed by atoms with Gasteiger partial charge in [0.15, 0.2) is 0 Å². The van der Waals surface area contributed by atoms with Crippen LogP contribution < -0.4 is 0 Å².